The Morgan fingerprint density at radius 2 is 2.33 bits per heavy atom. The Morgan fingerprint density at radius 1 is 1.58 bits per heavy atom. The molecule has 12 heavy (non-hydrogen) atoms. The summed E-state index contributed by atoms with van der Waals surface area (Å²) in [6.45, 7) is 6.59. The molecule has 0 aromatic rings. The summed E-state index contributed by atoms with van der Waals surface area (Å²) in [7, 11) is 0. The molecule has 70 valence electrons. The lowest BCUT2D eigenvalue weighted by molar-refractivity contribution is 0.00941. The van der Waals surface area contributed by atoms with E-state index in [-0.39, 0.29) is 0 Å². The van der Waals surface area contributed by atoms with E-state index in [2.05, 4.69) is 26.8 Å². The molecular formula is C11H20O. The highest BCUT2D eigenvalue weighted by atomic mass is 16.5. The zero-order chi connectivity index (χ0) is 8.97. The molecule has 0 radical (unpaired) electrons. The molecule has 0 fully saturated rings. The van der Waals surface area contributed by atoms with E-state index in [1.54, 1.807) is 0 Å². The number of hydrogen-bond donors (Lipinski definition) is 0. The van der Waals surface area contributed by atoms with Crippen molar-refractivity contribution in [2.24, 2.45) is 0 Å². The Kier molecular flexibility index (Phi) is 3.80. The number of unbranched alkanes of at least 4 members (excludes halogenated alkanes) is 1. The fourth-order valence-electron chi connectivity index (χ4n) is 1.78. The second-order valence-electron chi connectivity index (χ2n) is 3.84. The number of ether oxygens (including phenoxy) is 1. The second-order valence-corrected chi connectivity index (χ2v) is 3.84. The van der Waals surface area contributed by atoms with Gasteiger partial charge in [-0.2, -0.15) is 0 Å². The predicted octanol–water partition coefficient (Wildman–Crippen LogP) is 3.30. The van der Waals surface area contributed by atoms with Crippen LogP contribution in [0.25, 0.3) is 0 Å². The van der Waals surface area contributed by atoms with Gasteiger partial charge in [-0.1, -0.05) is 31.4 Å². The zero-order valence-corrected chi connectivity index (χ0v) is 8.47. The smallest absolute Gasteiger partial charge is 0.0762 e. The molecule has 0 saturated carbocycles. The van der Waals surface area contributed by atoms with Crippen LogP contribution in [0.4, 0.5) is 0 Å². The summed E-state index contributed by atoms with van der Waals surface area (Å²) in [4.78, 5) is 0. The molecular weight excluding hydrogens is 148 g/mol. The van der Waals surface area contributed by atoms with E-state index >= 15 is 0 Å². The molecule has 1 heteroatoms. The van der Waals surface area contributed by atoms with Crippen LogP contribution in [0.2, 0.25) is 0 Å². The molecule has 1 heterocycles. The molecule has 0 bridgehead atoms. The minimum absolute atomic E-state index is 0.397. The van der Waals surface area contributed by atoms with E-state index in [4.69, 9.17) is 4.74 Å². The monoisotopic (exact) mass is 168 g/mol. The van der Waals surface area contributed by atoms with Gasteiger partial charge in [-0.25, -0.2) is 0 Å². The third-order valence-corrected chi connectivity index (χ3v) is 2.33. The van der Waals surface area contributed by atoms with E-state index in [1.807, 2.05) is 0 Å². The Labute approximate surface area is 75.8 Å². The molecule has 0 saturated heterocycles. The Hall–Kier alpha value is -0.300. The van der Waals surface area contributed by atoms with Crippen molar-refractivity contribution in [2.75, 3.05) is 0 Å². The van der Waals surface area contributed by atoms with Crippen LogP contribution in [0.5, 0.6) is 0 Å². The highest BCUT2D eigenvalue weighted by molar-refractivity contribution is 5.06. The van der Waals surface area contributed by atoms with Gasteiger partial charge >= 0.3 is 0 Å². The van der Waals surface area contributed by atoms with Gasteiger partial charge in [0.1, 0.15) is 0 Å². The minimum Gasteiger partial charge on any atom is -0.371 e. The largest absolute Gasteiger partial charge is 0.371 e. The average Bonchev–Trinajstić information content (AvgIpc) is 1.99. The van der Waals surface area contributed by atoms with Gasteiger partial charge in [-0.3, -0.25) is 0 Å². The van der Waals surface area contributed by atoms with Crippen molar-refractivity contribution < 1.29 is 4.74 Å². The van der Waals surface area contributed by atoms with Crippen molar-refractivity contribution in [3.05, 3.63) is 11.6 Å². The first-order chi connectivity index (χ1) is 5.72. The van der Waals surface area contributed by atoms with Crippen LogP contribution in [0.1, 0.15) is 46.5 Å². The molecule has 0 N–H and O–H groups in total. The highest BCUT2D eigenvalue weighted by Crippen LogP contribution is 2.21. The van der Waals surface area contributed by atoms with Gasteiger partial charge in [0.15, 0.2) is 0 Å². The Morgan fingerprint density at radius 3 is 2.92 bits per heavy atom. The van der Waals surface area contributed by atoms with Crippen molar-refractivity contribution in [2.45, 2.75) is 58.7 Å². The summed E-state index contributed by atoms with van der Waals surface area (Å²) in [5, 5.41) is 0. The van der Waals surface area contributed by atoms with Crippen molar-refractivity contribution in [3.63, 3.8) is 0 Å². The van der Waals surface area contributed by atoms with Crippen LogP contribution < -0.4 is 0 Å². The van der Waals surface area contributed by atoms with Crippen molar-refractivity contribution in [1.29, 1.82) is 0 Å². The van der Waals surface area contributed by atoms with Gasteiger partial charge in [0.05, 0.1) is 12.2 Å². The highest BCUT2D eigenvalue weighted by Gasteiger charge is 2.16. The maximum absolute atomic E-state index is 5.78. The Bertz CT molecular complexity index is 160. The van der Waals surface area contributed by atoms with Gasteiger partial charge < -0.3 is 4.74 Å². The second kappa shape index (κ2) is 4.66. The summed E-state index contributed by atoms with van der Waals surface area (Å²) in [6, 6.07) is 0. The van der Waals surface area contributed by atoms with Crippen molar-refractivity contribution in [3.8, 4) is 0 Å². The van der Waals surface area contributed by atoms with Crippen molar-refractivity contribution in [1.82, 2.24) is 0 Å². The molecule has 0 aromatic heterocycles. The van der Waals surface area contributed by atoms with E-state index in [0.717, 1.165) is 6.42 Å². The third-order valence-electron chi connectivity index (χ3n) is 2.33. The van der Waals surface area contributed by atoms with Gasteiger partial charge in [0, 0.05) is 0 Å². The molecule has 1 rings (SSSR count). The van der Waals surface area contributed by atoms with Crippen LogP contribution in [0.3, 0.4) is 0 Å². The first-order valence-corrected chi connectivity index (χ1v) is 5.05. The average molecular weight is 168 g/mol. The molecule has 0 amide bonds. The lowest BCUT2D eigenvalue weighted by Gasteiger charge is -2.25. The lowest BCUT2D eigenvalue weighted by Crippen LogP contribution is -2.23. The standard InChI is InChI=1S/C11H20O/c1-4-5-6-11-8-9(2)7-10(3)12-11/h8,10-11H,4-7H2,1-3H3/t10-,11-/m1/s1. The summed E-state index contributed by atoms with van der Waals surface area (Å²) in [6.07, 6.45) is 7.96. The lowest BCUT2D eigenvalue weighted by atomic mass is 10.0. The maximum atomic E-state index is 5.78. The van der Waals surface area contributed by atoms with E-state index in [1.165, 1.54) is 24.8 Å². The molecule has 1 aliphatic rings. The van der Waals surface area contributed by atoms with Crippen LogP contribution in [0.15, 0.2) is 11.6 Å². The molecule has 2 atom stereocenters. The zero-order valence-electron chi connectivity index (χ0n) is 8.47. The molecule has 0 unspecified atom stereocenters. The van der Waals surface area contributed by atoms with Crippen LogP contribution in [0, 0.1) is 0 Å². The fraction of sp³-hybridized carbons (Fsp3) is 0.818. The minimum atomic E-state index is 0.397. The Balaban J connectivity index is 2.38. The van der Waals surface area contributed by atoms with Crippen LogP contribution in [-0.2, 0) is 4.74 Å². The molecule has 0 aromatic carbocycles. The van der Waals surface area contributed by atoms with Crippen LogP contribution in [-0.4, -0.2) is 12.2 Å². The predicted molar refractivity (Wildman–Crippen MR) is 52.2 cm³/mol. The molecule has 0 aliphatic carbocycles. The quantitative estimate of drug-likeness (QED) is 0.587. The van der Waals surface area contributed by atoms with Gasteiger partial charge in [-0.15, -0.1) is 0 Å². The topological polar surface area (TPSA) is 9.23 Å². The van der Waals surface area contributed by atoms with Crippen molar-refractivity contribution >= 4 is 0 Å². The first kappa shape index (κ1) is 9.79. The molecule has 0 spiro atoms. The van der Waals surface area contributed by atoms with E-state index in [0.29, 0.717) is 12.2 Å². The van der Waals surface area contributed by atoms with Gasteiger partial charge in [-0.05, 0) is 26.7 Å². The van der Waals surface area contributed by atoms with Gasteiger partial charge in [0.2, 0.25) is 0 Å². The molecule has 1 nitrogen and oxygen atoms in total. The fourth-order valence-corrected chi connectivity index (χ4v) is 1.78. The normalized spacial score (nSPS) is 30.1. The summed E-state index contributed by atoms with van der Waals surface area (Å²) < 4.78 is 5.78. The number of hydrogen-bond acceptors (Lipinski definition) is 1. The van der Waals surface area contributed by atoms with Crippen LogP contribution >= 0.6 is 0 Å². The van der Waals surface area contributed by atoms with E-state index < -0.39 is 0 Å². The SMILES string of the molecule is CCCC[C@@H]1C=C(C)C[C@@H](C)O1. The third kappa shape index (κ3) is 2.98. The molecule has 1 aliphatic heterocycles. The summed E-state index contributed by atoms with van der Waals surface area (Å²) in [5.41, 5.74) is 1.50. The first-order valence-electron chi connectivity index (χ1n) is 5.05. The summed E-state index contributed by atoms with van der Waals surface area (Å²) >= 11 is 0. The van der Waals surface area contributed by atoms with Gasteiger partial charge in [0.25, 0.3) is 0 Å². The maximum Gasteiger partial charge on any atom is 0.0762 e. The van der Waals surface area contributed by atoms with E-state index in [9.17, 15) is 0 Å². The summed E-state index contributed by atoms with van der Waals surface area (Å²) in [5.74, 6) is 0. The number of rotatable bonds is 3.